The van der Waals surface area contributed by atoms with Gasteiger partial charge in [-0.25, -0.2) is 4.98 Å². The molecule has 0 saturated carbocycles. The number of amides is 1. The first-order valence-corrected chi connectivity index (χ1v) is 11.7. The van der Waals surface area contributed by atoms with Crippen molar-refractivity contribution in [2.24, 2.45) is 5.92 Å². The van der Waals surface area contributed by atoms with Crippen LogP contribution in [0.5, 0.6) is 0 Å². The molecule has 1 fully saturated rings. The molecule has 1 aromatic heterocycles. The van der Waals surface area contributed by atoms with Gasteiger partial charge in [0.1, 0.15) is 5.82 Å². The Balaban J connectivity index is 1.48. The zero-order chi connectivity index (χ0) is 20.9. The molecule has 1 amide bonds. The molecule has 1 aliphatic heterocycles. The van der Waals surface area contributed by atoms with Gasteiger partial charge in [0.15, 0.2) is 0 Å². The van der Waals surface area contributed by atoms with Crippen molar-refractivity contribution >= 4 is 32.9 Å². The maximum absolute atomic E-state index is 12.4. The van der Waals surface area contributed by atoms with Crippen LogP contribution in [-0.4, -0.2) is 40.0 Å². The topological polar surface area (TPSA) is 50.2 Å². The molecule has 0 spiro atoms. The summed E-state index contributed by atoms with van der Waals surface area (Å²) in [4.78, 5) is 19.7. The van der Waals surface area contributed by atoms with E-state index in [0.29, 0.717) is 0 Å². The van der Waals surface area contributed by atoms with Crippen LogP contribution in [0.15, 0.2) is 53.0 Å². The zero-order valence-electron chi connectivity index (χ0n) is 17.5. The van der Waals surface area contributed by atoms with Crippen LogP contribution in [0.4, 0.5) is 0 Å². The summed E-state index contributed by atoms with van der Waals surface area (Å²) in [6, 6.07) is 16.7. The van der Waals surface area contributed by atoms with Crippen LogP contribution in [0.1, 0.15) is 38.4 Å². The summed E-state index contributed by atoms with van der Waals surface area (Å²) in [5.74, 6) is 1.41. The van der Waals surface area contributed by atoms with Gasteiger partial charge in [0.25, 0.3) is 0 Å². The fourth-order valence-electron chi connectivity index (χ4n) is 4.15. The highest BCUT2D eigenvalue weighted by atomic mass is 79.9. The molecule has 1 saturated heterocycles. The van der Waals surface area contributed by atoms with Gasteiger partial charge in [-0.3, -0.25) is 14.3 Å². The van der Waals surface area contributed by atoms with Gasteiger partial charge in [-0.1, -0.05) is 41.4 Å². The number of carbonyl (C=O) groups excluding carboxylic acids is 1. The van der Waals surface area contributed by atoms with E-state index in [-0.39, 0.29) is 11.8 Å². The lowest BCUT2D eigenvalue weighted by atomic mass is 9.96. The van der Waals surface area contributed by atoms with Crippen molar-refractivity contribution < 1.29 is 4.79 Å². The first-order valence-electron chi connectivity index (χ1n) is 10.9. The molecule has 4 rings (SSSR count). The first-order chi connectivity index (χ1) is 14.7. The summed E-state index contributed by atoms with van der Waals surface area (Å²) >= 11 is 3.53. The molecule has 0 aliphatic carbocycles. The van der Waals surface area contributed by atoms with E-state index in [0.717, 1.165) is 78.9 Å². The van der Waals surface area contributed by atoms with Crippen LogP contribution < -0.4 is 5.32 Å². The number of para-hydroxylation sites is 2. The molecule has 1 aliphatic rings. The molecular weight excluding hydrogens is 440 g/mol. The van der Waals surface area contributed by atoms with Crippen LogP contribution in [0, 0.1) is 5.92 Å². The maximum Gasteiger partial charge on any atom is 0.223 e. The van der Waals surface area contributed by atoms with Crippen molar-refractivity contribution in [3.05, 3.63) is 58.8 Å². The molecule has 1 N–H and O–H groups in total. The molecule has 0 radical (unpaired) electrons. The van der Waals surface area contributed by atoms with E-state index in [4.69, 9.17) is 4.98 Å². The van der Waals surface area contributed by atoms with Crippen molar-refractivity contribution in [1.82, 2.24) is 19.8 Å². The molecular formula is C24H29BrN4O. The fourth-order valence-corrected chi connectivity index (χ4v) is 4.41. The smallest absolute Gasteiger partial charge is 0.223 e. The Morgan fingerprint density at radius 3 is 2.60 bits per heavy atom. The number of benzene rings is 2. The van der Waals surface area contributed by atoms with Gasteiger partial charge in [-0.15, -0.1) is 0 Å². The van der Waals surface area contributed by atoms with E-state index in [1.807, 2.05) is 6.07 Å². The molecule has 2 aromatic carbocycles. The number of unbranched alkanes of at least 4 members (excludes halogenated alkanes) is 1. The van der Waals surface area contributed by atoms with Gasteiger partial charge < -0.3 is 5.32 Å². The molecule has 5 nitrogen and oxygen atoms in total. The van der Waals surface area contributed by atoms with Gasteiger partial charge in [0.05, 0.1) is 17.6 Å². The number of likely N-dealkylation sites (tertiary alicyclic amines) is 1. The van der Waals surface area contributed by atoms with Crippen LogP contribution in [-0.2, 0) is 11.3 Å². The Hall–Kier alpha value is -2.18. The lowest BCUT2D eigenvalue weighted by molar-refractivity contribution is -0.126. The highest BCUT2D eigenvalue weighted by Gasteiger charge is 2.26. The van der Waals surface area contributed by atoms with Crippen LogP contribution in [0.25, 0.3) is 16.7 Å². The molecule has 0 bridgehead atoms. The van der Waals surface area contributed by atoms with Crippen LogP contribution >= 0.6 is 15.9 Å². The van der Waals surface area contributed by atoms with Gasteiger partial charge in [0, 0.05) is 22.6 Å². The van der Waals surface area contributed by atoms with Gasteiger partial charge in [-0.2, -0.15) is 0 Å². The average Bonchev–Trinajstić information content (AvgIpc) is 3.13. The monoisotopic (exact) mass is 468 g/mol. The number of imidazole rings is 1. The highest BCUT2D eigenvalue weighted by molar-refractivity contribution is 9.10. The largest absolute Gasteiger partial charge is 0.356 e. The maximum atomic E-state index is 12.4. The van der Waals surface area contributed by atoms with Gasteiger partial charge in [-0.05, 0) is 68.8 Å². The van der Waals surface area contributed by atoms with Crippen LogP contribution in [0.2, 0.25) is 0 Å². The Morgan fingerprint density at radius 2 is 1.87 bits per heavy atom. The van der Waals surface area contributed by atoms with E-state index in [2.05, 4.69) is 80.1 Å². The number of nitrogens with zero attached hydrogens (tertiary/aromatic N) is 3. The summed E-state index contributed by atoms with van der Waals surface area (Å²) in [6.07, 6.45) is 3.99. The normalized spacial score (nSPS) is 15.5. The summed E-state index contributed by atoms with van der Waals surface area (Å²) in [5.41, 5.74) is 3.26. The van der Waals surface area contributed by atoms with Crippen molar-refractivity contribution in [2.75, 3.05) is 19.6 Å². The number of carbonyl (C=O) groups is 1. The average molecular weight is 469 g/mol. The zero-order valence-corrected chi connectivity index (χ0v) is 19.1. The first kappa shape index (κ1) is 21.1. The quantitative estimate of drug-likeness (QED) is 0.500. The standard InChI is InChI=1S/C24H29BrN4O/c1-2-3-14-26-24(30)18-12-15-28(16-13-18)17-23-27-21-6-4-5-7-22(21)29(23)20-10-8-19(25)9-11-20/h4-11,18H,2-3,12-17H2,1H3,(H,26,30). The number of halogens is 1. The Bertz CT molecular complexity index is 990. The highest BCUT2D eigenvalue weighted by Crippen LogP contribution is 2.25. The number of hydrogen-bond acceptors (Lipinski definition) is 3. The lowest BCUT2D eigenvalue weighted by Crippen LogP contribution is -2.40. The number of aromatic nitrogens is 2. The fraction of sp³-hybridized carbons (Fsp3) is 0.417. The van der Waals surface area contributed by atoms with E-state index in [1.165, 1.54) is 0 Å². The second kappa shape index (κ2) is 9.75. The summed E-state index contributed by atoms with van der Waals surface area (Å²) in [7, 11) is 0. The van der Waals surface area contributed by atoms with Gasteiger partial charge in [0.2, 0.25) is 5.91 Å². The number of piperidine rings is 1. The lowest BCUT2D eigenvalue weighted by Gasteiger charge is -2.31. The molecule has 0 atom stereocenters. The van der Waals surface area contributed by atoms with Crippen molar-refractivity contribution in [3.8, 4) is 5.69 Å². The SMILES string of the molecule is CCCCNC(=O)C1CCN(Cc2nc3ccccc3n2-c2ccc(Br)cc2)CC1. The molecule has 0 unspecified atom stereocenters. The van der Waals surface area contributed by atoms with Crippen LogP contribution in [0.3, 0.4) is 0 Å². The number of fused-ring (bicyclic) bond motifs is 1. The third-order valence-corrected chi connectivity index (χ3v) is 6.40. The number of nitrogens with one attached hydrogen (secondary N) is 1. The molecule has 3 aromatic rings. The van der Waals surface area contributed by atoms with Crippen molar-refractivity contribution in [2.45, 2.75) is 39.2 Å². The molecule has 158 valence electrons. The number of hydrogen-bond donors (Lipinski definition) is 1. The van der Waals surface area contributed by atoms with Crippen molar-refractivity contribution in [3.63, 3.8) is 0 Å². The summed E-state index contributed by atoms with van der Waals surface area (Å²) < 4.78 is 3.32. The third-order valence-electron chi connectivity index (χ3n) is 5.87. The minimum absolute atomic E-state index is 0.142. The second-order valence-electron chi connectivity index (χ2n) is 8.02. The van der Waals surface area contributed by atoms with E-state index < -0.39 is 0 Å². The number of rotatable bonds is 7. The summed E-state index contributed by atoms with van der Waals surface area (Å²) in [6.45, 7) is 5.58. The minimum Gasteiger partial charge on any atom is -0.356 e. The Kier molecular flexibility index (Phi) is 6.85. The van der Waals surface area contributed by atoms with Crippen molar-refractivity contribution in [1.29, 1.82) is 0 Å². The Labute approximate surface area is 186 Å². The molecule has 30 heavy (non-hydrogen) atoms. The summed E-state index contributed by atoms with van der Waals surface area (Å²) in [5, 5.41) is 3.09. The second-order valence-corrected chi connectivity index (χ2v) is 8.94. The van der Waals surface area contributed by atoms with E-state index in [9.17, 15) is 4.79 Å². The van der Waals surface area contributed by atoms with E-state index in [1.54, 1.807) is 0 Å². The van der Waals surface area contributed by atoms with E-state index >= 15 is 0 Å². The predicted molar refractivity (Wildman–Crippen MR) is 125 cm³/mol. The van der Waals surface area contributed by atoms with Gasteiger partial charge >= 0.3 is 0 Å². The predicted octanol–water partition coefficient (Wildman–Crippen LogP) is 4.92. The minimum atomic E-state index is 0.142. The third kappa shape index (κ3) is 4.76. The Morgan fingerprint density at radius 1 is 1.13 bits per heavy atom. The molecule has 6 heteroatoms. The molecule has 2 heterocycles.